The molecule has 1 atom stereocenters. The van der Waals surface area contributed by atoms with Gasteiger partial charge in [0, 0.05) is 6.42 Å². The van der Waals surface area contributed by atoms with Crippen LogP contribution < -0.4 is 10.2 Å². The highest BCUT2D eigenvalue weighted by atomic mass is 16.2. The smallest absolute Gasteiger partial charge is 0.249 e. The number of anilines is 1. The average Bonchev–Trinajstić information content (AvgIpc) is 2.42. The number of imide groups is 1. The highest BCUT2D eigenvalue weighted by Gasteiger charge is 2.30. The molecule has 100 valence electrons. The highest BCUT2D eigenvalue weighted by molar-refractivity contribution is 6.04. The summed E-state index contributed by atoms with van der Waals surface area (Å²) < 4.78 is 0. The van der Waals surface area contributed by atoms with E-state index in [4.69, 9.17) is 0 Å². The molecule has 0 radical (unpaired) electrons. The molecule has 6 nitrogen and oxygen atoms in total. The Hall–Kier alpha value is -2.24. The zero-order chi connectivity index (χ0) is 14.0. The number of hydrogen-bond donors (Lipinski definition) is 1. The quantitative estimate of drug-likeness (QED) is 0.634. The van der Waals surface area contributed by atoms with Crippen molar-refractivity contribution in [3.8, 4) is 0 Å². The van der Waals surface area contributed by atoms with E-state index in [1.165, 1.54) is 6.20 Å². The molecule has 1 aromatic heterocycles. The van der Waals surface area contributed by atoms with Gasteiger partial charge in [-0.3, -0.25) is 24.7 Å². The minimum atomic E-state index is -0.438. The third-order valence-corrected chi connectivity index (χ3v) is 3.11. The number of aromatic nitrogens is 1. The molecular weight excluding hydrogens is 246 g/mol. The lowest BCUT2D eigenvalue weighted by Gasteiger charge is -2.33. The van der Waals surface area contributed by atoms with E-state index in [9.17, 15) is 14.4 Å². The number of hydrogen-bond acceptors (Lipinski definition) is 5. The van der Waals surface area contributed by atoms with Crippen molar-refractivity contribution in [1.82, 2.24) is 10.3 Å². The molecule has 1 aliphatic rings. The Balaban J connectivity index is 2.24. The van der Waals surface area contributed by atoms with Crippen LogP contribution in [0.1, 0.15) is 30.8 Å². The maximum atomic E-state index is 11.6. The van der Waals surface area contributed by atoms with Gasteiger partial charge < -0.3 is 4.90 Å². The van der Waals surface area contributed by atoms with Crippen molar-refractivity contribution in [3.05, 3.63) is 24.0 Å². The first-order valence-electron chi connectivity index (χ1n) is 6.12. The maximum Gasteiger partial charge on any atom is 0.249 e. The van der Waals surface area contributed by atoms with Crippen LogP contribution in [0.3, 0.4) is 0 Å². The van der Waals surface area contributed by atoms with Crippen LogP contribution in [0.4, 0.5) is 5.69 Å². The number of nitrogens with one attached hydrogen (secondary N) is 1. The maximum absolute atomic E-state index is 11.6. The van der Waals surface area contributed by atoms with Crippen LogP contribution in [0.25, 0.3) is 0 Å². The van der Waals surface area contributed by atoms with E-state index in [0.29, 0.717) is 17.8 Å². The third kappa shape index (κ3) is 2.62. The van der Waals surface area contributed by atoms with E-state index in [-0.39, 0.29) is 24.1 Å². The van der Waals surface area contributed by atoms with Crippen LogP contribution in [-0.4, -0.2) is 35.2 Å². The van der Waals surface area contributed by atoms with Gasteiger partial charge in [0.2, 0.25) is 11.8 Å². The Kier molecular flexibility index (Phi) is 3.59. The van der Waals surface area contributed by atoms with Crippen molar-refractivity contribution in [2.45, 2.75) is 26.3 Å². The lowest BCUT2D eigenvalue weighted by atomic mass is 10.1. The van der Waals surface area contributed by atoms with Crippen LogP contribution >= 0.6 is 0 Å². The van der Waals surface area contributed by atoms with E-state index in [1.54, 1.807) is 30.9 Å². The minimum Gasteiger partial charge on any atom is -0.349 e. The van der Waals surface area contributed by atoms with E-state index >= 15 is 0 Å². The Bertz CT molecular complexity index is 524. The molecule has 1 N–H and O–H groups in total. The fourth-order valence-electron chi connectivity index (χ4n) is 1.93. The highest BCUT2D eigenvalue weighted by Crippen LogP contribution is 2.18. The number of nitrogens with zero attached hydrogens (tertiary/aromatic N) is 2. The molecule has 1 unspecified atom stereocenters. The number of carbonyl (C=O) groups is 3. The largest absolute Gasteiger partial charge is 0.349 e. The lowest BCUT2D eigenvalue weighted by Crippen LogP contribution is -2.57. The second kappa shape index (κ2) is 5.17. The Morgan fingerprint density at radius 3 is 2.79 bits per heavy atom. The monoisotopic (exact) mass is 261 g/mol. The third-order valence-electron chi connectivity index (χ3n) is 3.11. The molecule has 2 rings (SSSR count). The number of carbonyl (C=O) groups excluding carboxylic acids is 3. The number of pyridine rings is 1. The van der Waals surface area contributed by atoms with E-state index in [2.05, 4.69) is 10.3 Å². The first kappa shape index (κ1) is 13.2. The summed E-state index contributed by atoms with van der Waals surface area (Å²) in [6.45, 7) is 3.59. The van der Waals surface area contributed by atoms with E-state index in [1.807, 2.05) is 0 Å². The summed E-state index contributed by atoms with van der Waals surface area (Å²) in [4.78, 5) is 40.1. The van der Waals surface area contributed by atoms with Gasteiger partial charge in [0.25, 0.3) is 0 Å². The van der Waals surface area contributed by atoms with Gasteiger partial charge in [0.05, 0.1) is 18.4 Å². The van der Waals surface area contributed by atoms with E-state index < -0.39 is 6.04 Å². The lowest BCUT2D eigenvalue weighted by molar-refractivity contribution is -0.132. The molecule has 6 heteroatoms. The second-order valence-electron chi connectivity index (χ2n) is 4.39. The SMILES string of the molecule is CCC(=O)c1ccc(N2CC(=O)NC(=O)C2C)cn1. The number of amides is 2. The summed E-state index contributed by atoms with van der Waals surface area (Å²) in [6.07, 6.45) is 1.92. The number of rotatable bonds is 3. The topological polar surface area (TPSA) is 79.4 Å². The second-order valence-corrected chi connectivity index (χ2v) is 4.39. The molecule has 0 saturated carbocycles. The summed E-state index contributed by atoms with van der Waals surface area (Å²) in [7, 11) is 0. The standard InChI is InChI=1S/C13H15N3O3/c1-3-11(17)10-5-4-9(6-14-10)16-7-12(18)15-13(19)8(16)2/h4-6,8H,3,7H2,1-2H3,(H,15,18,19). The molecular formula is C13H15N3O3. The van der Waals surface area contributed by atoms with Gasteiger partial charge in [0.1, 0.15) is 11.7 Å². The van der Waals surface area contributed by atoms with Gasteiger partial charge >= 0.3 is 0 Å². The first-order valence-corrected chi connectivity index (χ1v) is 6.12. The molecule has 0 aliphatic carbocycles. The number of Topliss-reactive ketones (excluding diaryl/α,β-unsaturated/α-hetero) is 1. The van der Waals surface area contributed by atoms with Gasteiger partial charge in [0.15, 0.2) is 5.78 Å². The summed E-state index contributed by atoms with van der Waals surface area (Å²) in [5.74, 6) is -0.700. The summed E-state index contributed by atoms with van der Waals surface area (Å²) in [5, 5.41) is 2.27. The molecule has 0 spiro atoms. The molecule has 2 heterocycles. The van der Waals surface area contributed by atoms with Gasteiger partial charge in [-0.25, -0.2) is 0 Å². The molecule has 2 amide bonds. The van der Waals surface area contributed by atoms with Crippen molar-refractivity contribution in [2.24, 2.45) is 0 Å². The van der Waals surface area contributed by atoms with Crippen LogP contribution in [0, 0.1) is 0 Å². The van der Waals surface area contributed by atoms with Crippen LogP contribution in [-0.2, 0) is 9.59 Å². The van der Waals surface area contributed by atoms with Gasteiger partial charge in [-0.15, -0.1) is 0 Å². The summed E-state index contributed by atoms with van der Waals surface area (Å²) in [5.41, 5.74) is 1.05. The molecule has 19 heavy (non-hydrogen) atoms. The predicted octanol–water partition coefficient (Wildman–Crippen LogP) is 0.526. The van der Waals surface area contributed by atoms with Gasteiger partial charge in [-0.2, -0.15) is 0 Å². The molecule has 0 aromatic carbocycles. The molecule has 1 saturated heterocycles. The zero-order valence-electron chi connectivity index (χ0n) is 10.8. The molecule has 1 aromatic rings. The zero-order valence-corrected chi connectivity index (χ0v) is 10.8. The summed E-state index contributed by atoms with van der Waals surface area (Å²) >= 11 is 0. The Morgan fingerprint density at radius 1 is 1.47 bits per heavy atom. The van der Waals surface area contributed by atoms with Crippen molar-refractivity contribution in [2.75, 3.05) is 11.4 Å². The predicted molar refractivity (Wildman–Crippen MR) is 68.8 cm³/mol. The van der Waals surface area contributed by atoms with Crippen molar-refractivity contribution >= 4 is 23.3 Å². The van der Waals surface area contributed by atoms with Gasteiger partial charge in [-0.05, 0) is 19.1 Å². The first-order chi connectivity index (χ1) is 9.02. The molecule has 0 bridgehead atoms. The normalized spacial score (nSPS) is 19.3. The van der Waals surface area contributed by atoms with Gasteiger partial charge in [-0.1, -0.05) is 6.92 Å². The Labute approximate surface area is 110 Å². The van der Waals surface area contributed by atoms with Crippen LogP contribution in [0.15, 0.2) is 18.3 Å². The van der Waals surface area contributed by atoms with Crippen molar-refractivity contribution < 1.29 is 14.4 Å². The summed E-state index contributed by atoms with van der Waals surface area (Å²) in [6, 6.07) is 2.88. The van der Waals surface area contributed by atoms with E-state index in [0.717, 1.165) is 0 Å². The molecule has 1 aliphatic heterocycles. The number of piperazine rings is 1. The van der Waals surface area contributed by atoms with Crippen molar-refractivity contribution in [3.63, 3.8) is 0 Å². The fraction of sp³-hybridized carbons (Fsp3) is 0.385. The van der Waals surface area contributed by atoms with Crippen molar-refractivity contribution in [1.29, 1.82) is 0 Å². The minimum absolute atomic E-state index is 0.0351. The molecule has 1 fully saturated rings. The van der Waals surface area contributed by atoms with Crippen LogP contribution in [0.2, 0.25) is 0 Å². The number of ketones is 1. The fourth-order valence-corrected chi connectivity index (χ4v) is 1.93. The Morgan fingerprint density at radius 2 is 2.21 bits per heavy atom. The average molecular weight is 261 g/mol. The van der Waals surface area contributed by atoms with Crippen LogP contribution in [0.5, 0.6) is 0 Å².